The summed E-state index contributed by atoms with van der Waals surface area (Å²) in [6.45, 7) is 1.26. The molecule has 0 unspecified atom stereocenters. The highest BCUT2D eigenvalue weighted by molar-refractivity contribution is 6.07. The summed E-state index contributed by atoms with van der Waals surface area (Å²) in [5, 5.41) is 3.80. The Hall–Kier alpha value is -3.32. The van der Waals surface area contributed by atoms with Crippen LogP contribution in [-0.4, -0.2) is 52.5 Å². The molecule has 31 heavy (non-hydrogen) atoms. The molecule has 2 aromatic carbocycles. The second kappa shape index (κ2) is 10.6. The lowest BCUT2D eigenvalue weighted by Gasteiger charge is -2.15. The molecule has 1 N–H and O–H groups in total. The Morgan fingerprint density at radius 3 is 2.29 bits per heavy atom. The molecule has 0 fully saturated rings. The van der Waals surface area contributed by atoms with Crippen molar-refractivity contribution < 1.29 is 23.7 Å². The zero-order valence-electron chi connectivity index (χ0n) is 18.4. The van der Waals surface area contributed by atoms with Gasteiger partial charge in [0.25, 0.3) is 5.91 Å². The smallest absolute Gasteiger partial charge is 0.252 e. The summed E-state index contributed by atoms with van der Waals surface area (Å²) in [4.78, 5) is 17.7. The zero-order chi connectivity index (χ0) is 22.2. The van der Waals surface area contributed by atoms with E-state index in [4.69, 9.17) is 23.9 Å². The summed E-state index contributed by atoms with van der Waals surface area (Å²) in [5.74, 6) is 1.42. The fourth-order valence-corrected chi connectivity index (χ4v) is 3.41. The van der Waals surface area contributed by atoms with E-state index in [1.165, 1.54) is 0 Å². The number of hydrogen-bond donors (Lipinski definition) is 1. The minimum Gasteiger partial charge on any atom is -0.493 e. The molecule has 0 spiro atoms. The quantitative estimate of drug-likeness (QED) is 0.494. The molecule has 0 aliphatic heterocycles. The number of benzene rings is 2. The molecule has 0 aliphatic rings. The summed E-state index contributed by atoms with van der Waals surface area (Å²) in [5.41, 5.74) is 2.70. The number of amides is 1. The van der Waals surface area contributed by atoms with E-state index in [0.717, 1.165) is 29.3 Å². The maximum absolute atomic E-state index is 13.0. The van der Waals surface area contributed by atoms with Crippen molar-refractivity contribution in [3.8, 4) is 28.5 Å². The Morgan fingerprint density at radius 1 is 0.935 bits per heavy atom. The second-order valence-electron chi connectivity index (χ2n) is 6.94. The van der Waals surface area contributed by atoms with Crippen molar-refractivity contribution in [1.29, 1.82) is 0 Å². The van der Waals surface area contributed by atoms with E-state index in [0.29, 0.717) is 41.7 Å². The van der Waals surface area contributed by atoms with Crippen molar-refractivity contribution in [3.63, 3.8) is 0 Å². The average molecular weight is 424 g/mol. The van der Waals surface area contributed by atoms with Crippen molar-refractivity contribution >= 4 is 16.8 Å². The van der Waals surface area contributed by atoms with Gasteiger partial charge in [0.1, 0.15) is 0 Å². The van der Waals surface area contributed by atoms with E-state index in [-0.39, 0.29) is 5.91 Å². The van der Waals surface area contributed by atoms with E-state index >= 15 is 0 Å². The van der Waals surface area contributed by atoms with Gasteiger partial charge in [0.05, 0.1) is 38.1 Å². The summed E-state index contributed by atoms with van der Waals surface area (Å²) in [7, 11) is 6.37. The Balaban J connectivity index is 2.02. The van der Waals surface area contributed by atoms with Crippen LogP contribution in [-0.2, 0) is 4.74 Å². The van der Waals surface area contributed by atoms with Gasteiger partial charge in [-0.25, -0.2) is 4.98 Å². The van der Waals surface area contributed by atoms with Gasteiger partial charge in [0.15, 0.2) is 11.5 Å². The van der Waals surface area contributed by atoms with Gasteiger partial charge in [0.2, 0.25) is 5.75 Å². The summed E-state index contributed by atoms with van der Waals surface area (Å²) in [6.07, 6.45) is 1.74. The number of methoxy groups -OCH3 is 4. The molecule has 0 radical (unpaired) electrons. The van der Waals surface area contributed by atoms with Crippen LogP contribution in [0.4, 0.5) is 0 Å². The zero-order valence-corrected chi connectivity index (χ0v) is 18.4. The van der Waals surface area contributed by atoms with Crippen LogP contribution in [0.3, 0.4) is 0 Å². The van der Waals surface area contributed by atoms with Gasteiger partial charge in [0, 0.05) is 31.2 Å². The lowest BCUT2D eigenvalue weighted by molar-refractivity contribution is 0.0953. The number of rotatable bonds is 10. The molecule has 0 bridgehead atoms. The standard InChI is InChI=1S/C24H28N2O5/c1-28-12-8-7-11-25-24(27)18-15-20(26-19-10-6-5-9-17(18)19)16-13-21(29-2)23(31-4)22(14-16)30-3/h5-6,9-10,13-15H,7-8,11-12H2,1-4H3,(H,25,27). The van der Waals surface area contributed by atoms with Crippen molar-refractivity contribution in [2.45, 2.75) is 12.8 Å². The number of carbonyl (C=O) groups is 1. The van der Waals surface area contributed by atoms with Crippen molar-refractivity contribution in [1.82, 2.24) is 10.3 Å². The average Bonchev–Trinajstić information content (AvgIpc) is 2.81. The Bertz CT molecular complexity index is 1030. The predicted octanol–water partition coefficient (Wildman–Crippen LogP) is 4.08. The van der Waals surface area contributed by atoms with Crippen LogP contribution < -0.4 is 19.5 Å². The van der Waals surface area contributed by atoms with E-state index in [1.54, 1.807) is 34.5 Å². The van der Waals surface area contributed by atoms with Crippen LogP contribution in [0, 0.1) is 0 Å². The number of para-hydroxylation sites is 1. The molecule has 0 aliphatic carbocycles. The molecule has 1 aromatic heterocycles. The molecule has 0 saturated carbocycles. The number of pyridine rings is 1. The normalized spacial score (nSPS) is 10.7. The number of carbonyl (C=O) groups excluding carboxylic acids is 1. The molecule has 0 atom stereocenters. The van der Waals surface area contributed by atoms with Gasteiger partial charge >= 0.3 is 0 Å². The lowest BCUT2D eigenvalue weighted by Crippen LogP contribution is -2.25. The van der Waals surface area contributed by atoms with Crippen molar-refractivity contribution in [2.75, 3.05) is 41.6 Å². The van der Waals surface area contributed by atoms with Crippen molar-refractivity contribution in [3.05, 3.63) is 48.0 Å². The first kappa shape index (κ1) is 22.4. The number of ether oxygens (including phenoxy) is 4. The van der Waals surface area contributed by atoms with Crippen LogP contribution in [0.25, 0.3) is 22.2 Å². The Morgan fingerprint density at radius 2 is 1.65 bits per heavy atom. The predicted molar refractivity (Wildman–Crippen MR) is 120 cm³/mol. The van der Waals surface area contributed by atoms with Crippen LogP contribution in [0.15, 0.2) is 42.5 Å². The third-order valence-electron chi connectivity index (χ3n) is 4.98. The van der Waals surface area contributed by atoms with Gasteiger partial charge < -0.3 is 24.3 Å². The molecule has 0 saturated heterocycles. The van der Waals surface area contributed by atoms with Crippen LogP contribution in [0.5, 0.6) is 17.2 Å². The van der Waals surface area contributed by atoms with Gasteiger partial charge in [-0.3, -0.25) is 4.79 Å². The summed E-state index contributed by atoms with van der Waals surface area (Å²) in [6, 6.07) is 13.1. The number of hydrogen-bond acceptors (Lipinski definition) is 6. The van der Waals surface area contributed by atoms with Gasteiger partial charge in [-0.2, -0.15) is 0 Å². The van der Waals surface area contributed by atoms with Gasteiger partial charge in [-0.1, -0.05) is 18.2 Å². The topological polar surface area (TPSA) is 78.9 Å². The minimum absolute atomic E-state index is 0.135. The fourth-order valence-electron chi connectivity index (χ4n) is 3.41. The summed E-state index contributed by atoms with van der Waals surface area (Å²) < 4.78 is 21.4. The molecule has 3 rings (SSSR count). The maximum Gasteiger partial charge on any atom is 0.252 e. The molecule has 7 heteroatoms. The van der Waals surface area contributed by atoms with Gasteiger partial charge in [-0.05, 0) is 37.1 Å². The SMILES string of the molecule is COCCCCNC(=O)c1cc(-c2cc(OC)c(OC)c(OC)c2)nc2ccccc12. The third-order valence-corrected chi connectivity index (χ3v) is 4.98. The van der Waals surface area contributed by atoms with E-state index in [9.17, 15) is 4.79 Å². The molecule has 1 heterocycles. The first-order valence-corrected chi connectivity index (χ1v) is 10.1. The monoisotopic (exact) mass is 424 g/mol. The molecular formula is C24H28N2O5. The highest BCUT2D eigenvalue weighted by Gasteiger charge is 2.18. The highest BCUT2D eigenvalue weighted by Crippen LogP contribution is 2.41. The molecule has 1 amide bonds. The van der Waals surface area contributed by atoms with E-state index < -0.39 is 0 Å². The number of nitrogens with zero attached hydrogens (tertiary/aromatic N) is 1. The third kappa shape index (κ3) is 5.06. The molecule has 3 aromatic rings. The Kier molecular flexibility index (Phi) is 7.67. The van der Waals surface area contributed by atoms with E-state index in [2.05, 4.69) is 5.32 Å². The lowest BCUT2D eigenvalue weighted by atomic mass is 10.0. The molecule has 7 nitrogen and oxygen atoms in total. The number of nitrogens with one attached hydrogen (secondary N) is 1. The molecule has 164 valence electrons. The first-order valence-electron chi connectivity index (χ1n) is 10.1. The van der Waals surface area contributed by atoms with Crippen molar-refractivity contribution in [2.24, 2.45) is 0 Å². The van der Waals surface area contributed by atoms with E-state index in [1.807, 2.05) is 36.4 Å². The van der Waals surface area contributed by atoms with Crippen LogP contribution in [0.2, 0.25) is 0 Å². The fraction of sp³-hybridized carbons (Fsp3) is 0.333. The largest absolute Gasteiger partial charge is 0.493 e. The first-order chi connectivity index (χ1) is 15.1. The second-order valence-corrected chi connectivity index (χ2v) is 6.94. The Labute approximate surface area is 182 Å². The number of aromatic nitrogens is 1. The number of unbranched alkanes of at least 4 members (excludes halogenated alkanes) is 1. The minimum atomic E-state index is -0.135. The molecular weight excluding hydrogens is 396 g/mol. The van der Waals surface area contributed by atoms with Crippen LogP contribution in [0.1, 0.15) is 23.2 Å². The maximum atomic E-state index is 13.0. The summed E-state index contributed by atoms with van der Waals surface area (Å²) >= 11 is 0. The number of fused-ring (bicyclic) bond motifs is 1. The highest BCUT2D eigenvalue weighted by atomic mass is 16.5. The van der Waals surface area contributed by atoms with Crippen LogP contribution >= 0.6 is 0 Å². The van der Waals surface area contributed by atoms with Gasteiger partial charge in [-0.15, -0.1) is 0 Å².